The second kappa shape index (κ2) is 6.88. The molecule has 0 saturated carbocycles. The molecule has 1 atom stereocenters. The largest absolute Gasteiger partial charge is 0.493 e. The lowest BCUT2D eigenvalue weighted by Crippen LogP contribution is -2.21. The molecule has 0 aliphatic rings. The number of para-hydroxylation sites is 1. The molecule has 3 heteroatoms. The van der Waals surface area contributed by atoms with Gasteiger partial charge in [-0.15, -0.1) is 0 Å². The van der Waals surface area contributed by atoms with E-state index in [0.717, 1.165) is 18.6 Å². The Kier molecular flexibility index (Phi) is 5.40. The SMILES string of the molecule is CCCCC(COc1ccccc1)C(=O)O. The highest BCUT2D eigenvalue weighted by molar-refractivity contribution is 5.70. The van der Waals surface area contributed by atoms with Gasteiger partial charge in [-0.1, -0.05) is 38.0 Å². The molecule has 0 amide bonds. The van der Waals surface area contributed by atoms with Gasteiger partial charge in [0.05, 0.1) is 5.92 Å². The molecular weight excluding hydrogens is 204 g/mol. The molecule has 0 aliphatic heterocycles. The molecule has 1 aromatic rings. The normalized spacial score (nSPS) is 12.1. The van der Waals surface area contributed by atoms with Gasteiger partial charge in [0.2, 0.25) is 0 Å². The van der Waals surface area contributed by atoms with E-state index in [-0.39, 0.29) is 6.61 Å². The average molecular weight is 222 g/mol. The van der Waals surface area contributed by atoms with Crippen LogP contribution in [0.4, 0.5) is 0 Å². The average Bonchev–Trinajstić information content (AvgIpc) is 2.30. The zero-order valence-corrected chi connectivity index (χ0v) is 9.56. The third kappa shape index (κ3) is 4.34. The van der Waals surface area contributed by atoms with E-state index in [0.29, 0.717) is 6.42 Å². The summed E-state index contributed by atoms with van der Waals surface area (Å²) in [5.41, 5.74) is 0. The first-order valence-corrected chi connectivity index (χ1v) is 5.64. The summed E-state index contributed by atoms with van der Waals surface area (Å²) in [7, 11) is 0. The first-order chi connectivity index (χ1) is 7.74. The van der Waals surface area contributed by atoms with Gasteiger partial charge < -0.3 is 9.84 Å². The first kappa shape index (κ1) is 12.6. The van der Waals surface area contributed by atoms with Crippen molar-refractivity contribution in [2.45, 2.75) is 26.2 Å². The summed E-state index contributed by atoms with van der Waals surface area (Å²) in [6.07, 6.45) is 2.61. The molecule has 1 aromatic carbocycles. The van der Waals surface area contributed by atoms with Crippen LogP contribution in [-0.2, 0) is 4.79 Å². The Balaban J connectivity index is 2.41. The summed E-state index contributed by atoms with van der Waals surface area (Å²) >= 11 is 0. The quantitative estimate of drug-likeness (QED) is 0.771. The second-order valence-corrected chi connectivity index (χ2v) is 3.80. The molecule has 0 bridgehead atoms. The van der Waals surface area contributed by atoms with Gasteiger partial charge in [0.25, 0.3) is 0 Å². The lowest BCUT2D eigenvalue weighted by molar-refractivity contribution is -0.143. The van der Waals surface area contributed by atoms with Gasteiger partial charge in [-0.3, -0.25) is 4.79 Å². The van der Waals surface area contributed by atoms with Crippen molar-refractivity contribution in [3.05, 3.63) is 30.3 Å². The minimum atomic E-state index is -0.774. The van der Waals surface area contributed by atoms with Crippen molar-refractivity contribution in [3.8, 4) is 5.75 Å². The number of hydrogen-bond acceptors (Lipinski definition) is 2. The van der Waals surface area contributed by atoms with Crippen molar-refractivity contribution in [1.82, 2.24) is 0 Å². The number of carbonyl (C=O) groups is 1. The molecule has 0 aromatic heterocycles. The lowest BCUT2D eigenvalue weighted by atomic mass is 10.0. The first-order valence-electron chi connectivity index (χ1n) is 5.64. The molecule has 1 N–H and O–H groups in total. The summed E-state index contributed by atoms with van der Waals surface area (Å²) in [5.74, 6) is -0.449. The van der Waals surface area contributed by atoms with Crippen LogP contribution >= 0.6 is 0 Å². The van der Waals surface area contributed by atoms with E-state index in [2.05, 4.69) is 6.92 Å². The Labute approximate surface area is 96.1 Å². The van der Waals surface area contributed by atoms with Crippen LogP contribution in [0, 0.1) is 5.92 Å². The van der Waals surface area contributed by atoms with Crippen LogP contribution in [0.1, 0.15) is 26.2 Å². The van der Waals surface area contributed by atoms with Crippen LogP contribution in [0.15, 0.2) is 30.3 Å². The number of aliphatic carboxylic acids is 1. The van der Waals surface area contributed by atoms with Crippen LogP contribution in [0.2, 0.25) is 0 Å². The molecule has 88 valence electrons. The van der Waals surface area contributed by atoms with Crippen molar-refractivity contribution in [3.63, 3.8) is 0 Å². The number of unbranched alkanes of at least 4 members (excludes halogenated alkanes) is 1. The maximum Gasteiger partial charge on any atom is 0.309 e. The van der Waals surface area contributed by atoms with Crippen molar-refractivity contribution in [1.29, 1.82) is 0 Å². The van der Waals surface area contributed by atoms with E-state index in [1.807, 2.05) is 30.3 Å². The number of carboxylic acids is 1. The van der Waals surface area contributed by atoms with E-state index < -0.39 is 11.9 Å². The minimum Gasteiger partial charge on any atom is -0.493 e. The predicted molar refractivity (Wildman–Crippen MR) is 62.6 cm³/mol. The predicted octanol–water partition coefficient (Wildman–Crippen LogP) is 2.96. The fourth-order valence-corrected chi connectivity index (χ4v) is 1.44. The van der Waals surface area contributed by atoms with Crippen molar-refractivity contribution in [2.75, 3.05) is 6.61 Å². The second-order valence-electron chi connectivity index (χ2n) is 3.80. The molecule has 0 spiro atoms. The van der Waals surface area contributed by atoms with Crippen LogP contribution in [0.3, 0.4) is 0 Å². The van der Waals surface area contributed by atoms with E-state index in [9.17, 15) is 4.79 Å². The van der Waals surface area contributed by atoms with Gasteiger partial charge in [-0.05, 0) is 18.6 Å². The molecule has 0 radical (unpaired) electrons. The Morgan fingerprint density at radius 2 is 2.06 bits per heavy atom. The van der Waals surface area contributed by atoms with Crippen LogP contribution < -0.4 is 4.74 Å². The monoisotopic (exact) mass is 222 g/mol. The van der Waals surface area contributed by atoms with Gasteiger partial charge >= 0.3 is 5.97 Å². The van der Waals surface area contributed by atoms with Crippen LogP contribution in [0.5, 0.6) is 5.75 Å². The van der Waals surface area contributed by atoms with Gasteiger partial charge in [-0.25, -0.2) is 0 Å². The van der Waals surface area contributed by atoms with E-state index in [1.54, 1.807) is 0 Å². The molecule has 0 saturated heterocycles. The van der Waals surface area contributed by atoms with Crippen molar-refractivity contribution in [2.24, 2.45) is 5.92 Å². The summed E-state index contributed by atoms with van der Waals surface area (Å²) in [6, 6.07) is 9.31. The third-order valence-electron chi connectivity index (χ3n) is 2.45. The molecule has 0 heterocycles. The molecule has 0 aliphatic carbocycles. The molecular formula is C13H18O3. The van der Waals surface area contributed by atoms with Gasteiger partial charge in [-0.2, -0.15) is 0 Å². The molecule has 16 heavy (non-hydrogen) atoms. The topological polar surface area (TPSA) is 46.5 Å². The smallest absolute Gasteiger partial charge is 0.309 e. The summed E-state index contributed by atoms with van der Waals surface area (Å²) in [5, 5.41) is 9.00. The summed E-state index contributed by atoms with van der Waals surface area (Å²) < 4.78 is 5.45. The Morgan fingerprint density at radius 3 is 2.62 bits per heavy atom. The molecule has 1 rings (SSSR count). The standard InChI is InChI=1S/C13H18O3/c1-2-3-7-11(13(14)15)10-16-12-8-5-4-6-9-12/h4-6,8-9,11H,2-3,7,10H2,1H3,(H,14,15). The highest BCUT2D eigenvalue weighted by Gasteiger charge is 2.17. The van der Waals surface area contributed by atoms with Gasteiger partial charge in [0, 0.05) is 0 Å². The highest BCUT2D eigenvalue weighted by atomic mass is 16.5. The maximum atomic E-state index is 10.9. The molecule has 0 fully saturated rings. The summed E-state index contributed by atoms with van der Waals surface area (Å²) in [6.45, 7) is 2.30. The highest BCUT2D eigenvalue weighted by Crippen LogP contribution is 2.13. The number of rotatable bonds is 7. The molecule has 1 unspecified atom stereocenters. The van der Waals surface area contributed by atoms with Crippen molar-refractivity contribution >= 4 is 5.97 Å². The molecule has 3 nitrogen and oxygen atoms in total. The van der Waals surface area contributed by atoms with Crippen LogP contribution in [-0.4, -0.2) is 17.7 Å². The van der Waals surface area contributed by atoms with E-state index in [4.69, 9.17) is 9.84 Å². The number of carboxylic acid groups (broad SMARTS) is 1. The third-order valence-corrected chi connectivity index (χ3v) is 2.45. The summed E-state index contributed by atoms with van der Waals surface area (Å²) in [4.78, 5) is 10.9. The minimum absolute atomic E-state index is 0.249. The lowest BCUT2D eigenvalue weighted by Gasteiger charge is -2.13. The number of benzene rings is 1. The van der Waals surface area contributed by atoms with Crippen LogP contribution in [0.25, 0.3) is 0 Å². The Bertz CT molecular complexity index is 308. The Morgan fingerprint density at radius 1 is 1.38 bits per heavy atom. The number of ether oxygens (including phenoxy) is 1. The van der Waals surface area contributed by atoms with Crippen molar-refractivity contribution < 1.29 is 14.6 Å². The van der Waals surface area contributed by atoms with Gasteiger partial charge in [0.15, 0.2) is 0 Å². The van der Waals surface area contributed by atoms with Gasteiger partial charge in [0.1, 0.15) is 12.4 Å². The zero-order chi connectivity index (χ0) is 11.8. The van der Waals surface area contributed by atoms with E-state index >= 15 is 0 Å². The zero-order valence-electron chi connectivity index (χ0n) is 9.56. The fourth-order valence-electron chi connectivity index (χ4n) is 1.44. The fraction of sp³-hybridized carbons (Fsp3) is 0.462. The maximum absolute atomic E-state index is 10.9. The van der Waals surface area contributed by atoms with E-state index in [1.165, 1.54) is 0 Å². The Hall–Kier alpha value is -1.51. The number of hydrogen-bond donors (Lipinski definition) is 1.